The highest BCUT2D eigenvalue weighted by Gasteiger charge is 2.19. The van der Waals surface area contributed by atoms with E-state index in [-0.39, 0.29) is 18.9 Å². The fraction of sp³-hybridized carbons (Fsp3) is 0.471. The van der Waals surface area contributed by atoms with Gasteiger partial charge in [-0.1, -0.05) is 0 Å². The number of nitrogens with two attached hydrogens (primary N) is 1. The number of amides is 2. The molecule has 0 unspecified atom stereocenters. The lowest BCUT2D eigenvalue weighted by molar-refractivity contribution is -0.142. The molecule has 0 aromatic heterocycles. The second-order valence-electron chi connectivity index (χ2n) is 5.47. The highest BCUT2D eigenvalue weighted by molar-refractivity contribution is 5.94. The molecule has 0 saturated carbocycles. The molecule has 0 fully saturated rings. The molecular formula is C17H25N3O5. The van der Waals surface area contributed by atoms with Crippen LogP contribution in [-0.4, -0.2) is 48.7 Å². The third-order valence-electron chi connectivity index (χ3n) is 3.45. The average Bonchev–Trinajstić information content (AvgIpc) is 2.58. The first kappa shape index (κ1) is 20.4. The summed E-state index contributed by atoms with van der Waals surface area (Å²) in [7, 11) is 0. The van der Waals surface area contributed by atoms with Crippen molar-refractivity contribution in [3.8, 4) is 0 Å². The van der Waals surface area contributed by atoms with E-state index in [0.717, 1.165) is 0 Å². The van der Waals surface area contributed by atoms with Gasteiger partial charge in [-0.15, -0.1) is 0 Å². The molecule has 0 radical (unpaired) electrons. The minimum absolute atomic E-state index is 0.155. The Morgan fingerprint density at radius 3 is 2.48 bits per heavy atom. The maximum atomic E-state index is 11.9. The molecule has 0 spiro atoms. The van der Waals surface area contributed by atoms with Crippen LogP contribution in [0.1, 0.15) is 36.5 Å². The van der Waals surface area contributed by atoms with Crippen molar-refractivity contribution in [2.45, 2.75) is 32.2 Å². The third-order valence-corrected chi connectivity index (χ3v) is 3.45. The molecule has 138 valence electrons. The summed E-state index contributed by atoms with van der Waals surface area (Å²) in [6, 6.07) is 5.62. The number of carboxylic acid groups (broad SMARTS) is 1. The summed E-state index contributed by atoms with van der Waals surface area (Å²) in [5.41, 5.74) is 6.66. The number of nitrogens with one attached hydrogen (secondary N) is 2. The summed E-state index contributed by atoms with van der Waals surface area (Å²) < 4.78 is 4.93. The highest BCUT2D eigenvalue weighted by Crippen LogP contribution is 2.06. The molecule has 1 aromatic rings. The zero-order valence-corrected chi connectivity index (χ0v) is 14.3. The van der Waals surface area contributed by atoms with Gasteiger partial charge in [-0.05, 0) is 50.5 Å². The van der Waals surface area contributed by atoms with Crippen molar-refractivity contribution in [3.05, 3.63) is 29.8 Å². The van der Waals surface area contributed by atoms with Crippen LogP contribution in [0.15, 0.2) is 24.3 Å². The van der Waals surface area contributed by atoms with Crippen LogP contribution >= 0.6 is 0 Å². The molecule has 1 rings (SSSR count). The topological polar surface area (TPSA) is 131 Å². The number of nitrogen functional groups attached to an aromatic ring is 1. The summed E-state index contributed by atoms with van der Waals surface area (Å²) in [5, 5.41) is 14.3. The fourth-order valence-electron chi connectivity index (χ4n) is 2.10. The van der Waals surface area contributed by atoms with Gasteiger partial charge in [0.15, 0.2) is 0 Å². The van der Waals surface area contributed by atoms with Crippen LogP contribution in [0.4, 0.5) is 5.69 Å². The van der Waals surface area contributed by atoms with Crippen LogP contribution in [0.5, 0.6) is 0 Å². The first-order valence-electron chi connectivity index (χ1n) is 8.17. The lowest BCUT2D eigenvalue weighted by Crippen LogP contribution is -2.42. The molecule has 8 heteroatoms. The first-order valence-corrected chi connectivity index (χ1v) is 8.17. The molecule has 5 N–H and O–H groups in total. The normalized spacial score (nSPS) is 11.6. The zero-order chi connectivity index (χ0) is 18.7. The van der Waals surface area contributed by atoms with E-state index in [1.54, 1.807) is 31.2 Å². The molecule has 1 atom stereocenters. The van der Waals surface area contributed by atoms with Gasteiger partial charge in [0.1, 0.15) is 12.6 Å². The molecule has 1 aromatic carbocycles. The Hall–Kier alpha value is -2.61. The number of aliphatic carboxylic acids is 1. The summed E-state index contributed by atoms with van der Waals surface area (Å²) in [5.74, 6) is -1.75. The highest BCUT2D eigenvalue weighted by atomic mass is 16.5. The SMILES string of the molecule is CCOCC(=O)N[C@@H](CCCCNC(=O)c1ccc(N)cc1)C(=O)O. The molecule has 25 heavy (non-hydrogen) atoms. The summed E-state index contributed by atoms with van der Waals surface area (Å²) in [6.45, 7) is 2.40. The Morgan fingerprint density at radius 1 is 1.20 bits per heavy atom. The van der Waals surface area contributed by atoms with Gasteiger partial charge in [-0.3, -0.25) is 9.59 Å². The van der Waals surface area contributed by atoms with Crippen molar-refractivity contribution in [1.82, 2.24) is 10.6 Å². The van der Waals surface area contributed by atoms with Gasteiger partial charge in [0, 0.05) is 24.4 Å². The van der Waals surface area contributed by atoms with E-state index < -0.39 is 17.9 Å². The molecule has 0 aliphatic carbocycles. The number of anilines is 1. The van der Waals surface area contributed by atoms with Gasteiger partial charge in [0.25, 0.3) is 5.91 Å². The quantitative estimate of drug-likeness (QED) is 0.344. The Kier molecular flexibility index (Phi) is 9.02. The first-order chi connectivity index (χ1) is 11.9. The number of benzene rings is 1. The largest absolute Gasteiger partial charge is 0.480 e. The molecule has 8 nitrogen and oxygen atoms in total. The molecule has 0 bridgehead atoms. The monoisotopic (exact) mass is 351 g/mol. The van der Waals surface area contributed by atoms with Crippen molar-refractivity contribution in [1.29, 1.82) is 0 Å². The predicted octanol–water partition coefficient (Wildman–Crippen LogP) is 0.775. The maximum Gasteiger partial charge on any atom is 0.326 e. The molecule has 0 saturated heterocycles. The van der Waals surface area contributed by atoms with Crippen molar-refractivity contribution < 1.29 is 24.2 Å². The van der Waals surface area contributed by atoms with Crippen molar-refractivity contribution >= 4 is 23.5 Å². The Morgan fingerprint density at radius 2 is 1.88 bits per heavy atom. The number of rotatable bonds is 11. The lowest BCUT2D eigenvalue weighted by atomic mass is 10.1. The Bertz CT molecular complexity index is 574. The van der Waals surface area contributed by atoms with Gasteiger partial charge < -0.3 is 26.2 Å². The standard InChI is InChI=1S/C17H25N3O5/c1-2-25-11-15(21)20-14(17(23)24)5-3-4-10-19-16(22)12-6-8-13(18)9-7-12/h6-9,14H,2-5,10-11,18H2,1H3,(H,19,22)(H,20,21)(H,23,24)/t14-/m0/s1. The second kappa shape index (κ2) is 11.0. The lowest BCUT2D eigenvalue weighted by Gasteiger charge is -2.14. The maximum absolute atomic E-state index is 11.9. The van der Waals surface area contributed by atoms with E-state index in [2.05, 4.69) is 10.6 Å². The van der Waals surface area contributed by atoms with Gasteiger partial charge in [-0.2, -0.15) is 0 Å². The van der Waals surface area contributed by atoms with E-state index in [1.165, 1.54) is 0 Å². The number of unbranched alkanes of at least 4 members (excludes halogenated alkanes) is 1. The molecule has 0 aliphatic heterocycles. The fourth-order valence-corrected chi connectivity index (χ4v) is 2.10. The van der Waals surface area contributed by atoms with Crippen LogP contribution in [0.3, 0.4) is 0 Å². The minimum atomic E-state index is -1.09. The summed E-state index contributed by atoms with van der Waals surface area (Å²) in [6.07, 6.45) is 1.44. The van der Waals surface area contributed by atoms with Gasteiger partial charge >= 0.3 is 5.97 Å². The average molecular weight is 351 g/mol. The zero-order valence-electron chi connectivity index (χ0n) is 14.3. The molecule has 0 aliphatic rings. The van der Waals surface area contributed by atoms with E-state index in [1.807, 2.05) is 0 Å². The van der Waals surface area contributed by atoms with Crippen LogP contribution < -0.4 is 16.4 Å². The van der Waals surface area contributed by atoms with E-state index in [4.69, 9.17) is 15.6 Å². The molecule has 0 heterocycles. The third kappa shape index (κ3) is 8.16. The number of hydrogen-bond acceptors (Lipinski definition) is 5. The number of ether oxygens (including phenoxy) is 1. The van der Waals surface area contributed by atoms with Crippen molar-refractivity contribution in [2.75, 3.05) is 25.5 Å². The van der Waals surface area contributed by atoms with Gasteiger partial charge in [0.05, 0.1) is 0 Å². The summed E-state index contributed by atoms with van der Waals surface area (Å²) >= 11 is 0. The number of carboxylic acids is 1. The molecular weight excluding hydrogens is 326 g/mol. The van der Waals surface area contributed by atoms with E-state index >= 15 is 0 Å². The number of hydrogen-bond donors (Lipinski definition) is 4. The van der Waals surface area contributed by atoms with E-state index in [0.29, 0.717) is 37.2 Å². The summed E-state index contributed by atoms with van der Waals surface area (Å²) in [4.78, 5) is 34.6. The van der Waals surface area contributed by atoms with E-state index in [9.17, 15) is 14.4 Å². The Labute approximate surface area is 146 Å². The van der Waals surface area contributed by atoms with Gasteiger partial charge in [0.2, 0.25) is 5.91 Å². The van der Waals surface area contributed by atoms with Gasteiger partial charge in [-0.25, -0.2) is 4.79 Å². The Balaban J connectivity index is 2.27. The molecule has 2 amide bonds. The number of carbonyl (C=O) groups excluding carboxylic acids is 2. The van der Waals surface area contributed by atoms with Crippen LogP contribution in [0.2, 0.25) is 0 Å². The minimum Gasteiger partial charge on any atom is -0.480 e. The van der Waals surface area contributed by atoms with Crippen molar-refractivity contribution in [2.24, 2.45) is 0 Å². The predicted molar refractivity (Wildman–Crippen MR) is 93.1 cm³/mol. The number of carbonyl (C=O) groups is 3. The van der Waals surface area contributed by atoms with Crippen LogP contribution in [0.25, 0.3) is 0 Å². The second-order valence-corrected chi connectivity index (χ2v) is 5.47. The van der Waals surface area contributed by atoms with Crippen LogP contribution in [-0.2, 0) is 14.3 Å². The smallest absolute Gasteiger partial charge is 0.326 e. The van der Waals surface area contributed by atoms with Crippen LogP contribution in [0, 0.1) is 0 Å². The van der Waals surface area contributed by atoms with Crippen molar-refractivity contribution in [3.63, 3.8) is 0 Å².